The van der Waals surface area contributed by atoms with Crippen molar-refractivity contribution in [1.82, 2.24) is 20.1 Å². The van der Waals surface area contributed by atoms with E-state index in [0.29, 0.717) is 22.3 Å². The van der Waals surface area contributed by atoms with E-state index in [-0.39, 0.29) is 18.2 Å². The Balaban J connectivity index is 1.53. The van der Waals surface area contributed by atoms with Crippen LogP contribution in [0.5, 0.6) is 0 Å². The molecule has 3 aromatic rings. The second-order valence-electron chi connectivity index (χ2n) is 7.40. The Labute approximate surface area is 195 Å². The lowest BCUT2D eigenvalue weighted by Gasteiger charge is -2.09. The molecule has 0 spiro atoms. The maximum atomic E-state index is 12.4. The number of aromatic nitrogens is 3. The van der Waals surface area contributed by atoms with E-state index >= 15 is 0 Å². The van der Waals surface area contributed by atoms with Crippen molar-refractivity contribution in [3.05, 3.63) is 66.0 Å². The first-order valence-electron chi connectivity index (χ1n) is 10.3. The molecule has 0 aliphatic heterocycles. The minimum atomic E-state index is -0.534. The quantitative estimate of drug-likeness (QED) is 0.367. The number of anilines is 1. The van der Waals surface area contributed by atoms with Crippen molar-refractivity contribution in [2.45, 2.75) is 24.9 Å². The molecule has 172 valence electrons. The number of nitrogens with zero attached hydrogens (tertiary/aromatic N) is 3. The maximum absolute atomic E-state index is 12.4. The summed E-state index contributed by atoms with van der Waals surface area (Å²) in [7, 11) is 1.25. The Kier molecular flexibility index (Phi) is 8.20. The van der Waals surface area contributed by atoms with E-state index in [1.54, 1.807) is 30.6 Å². The van der Waals surface area contributed by atoms with Crippen molar-refractivity contribution in [1.29, 1.82) is 0 Å². The van der Waals surface area contributed by atoms with Crippen molar-refractivity contribution in [3.8, 4) is 5.69 Å². The molecule has 9 nitrogen and oxygen atoms in total. The van der Waals surface area contributed by atoms with Crippen molar-refractivity contribution in [2.75, 3.05) is 24.7 Å². The van der Waals surface area contributed by atoms with Crippen LogP contribution in [0.4, 0.5) is 5.69 Å². The Hall–Kier alpha value is -3.66. The summed E-state index contributed by atoms with van der Waals surface area (Å²) in [5.41, 5.74) is 3.08. The number of hydrogen-bond acceptors (Lipinski definition) is 7. The van der Waals surface area contributed by atoms with Gasteiger partial charge in [-0.2, -0.15) is 0 Å². The van der Waals surface area contributed by atoms with Gasteiger partial charge in [-0.3, -0.25) is 19.0 Å². The summed E-state index contributed by atoms with van der Waals surface area (Å²) >= 11 is 1.28. The molecule has 0 saturated heterocycles. The summed E-state index contributed by atoms with van der Waals surface area (Å²) in [6.07, 6.45) is 1.62. The topological polar surface area (TPSA) is 115 Å². The summed E-state index contributed by atoms with van der Waals surface area (Å²) in [6.45, 7) is 4.07. The molecule has 2 N–H and O–H groups in total. The zero-order chi connectivity index (χ0) is 23.8. The zero-order valence-electron chi connectivity index (χ0n) is 18.6. The highest BCUT2D eigenvalue weighted by atomic mass is 32.2. The van der Waals surface area contributed by atoms with E-state index in [9.17, 15) is 14.4 Å². The molecule has 2 aromatic carbocycles. The number of benzene rings is 2. The molecule has 1 heterocycles. The monoisotopic (exact) mass is 467 g/mol. The van der Waals surface area contributed by atoms with E-state index in [4.69, 9.17) is 0 Å². The van der Waals surface area contributed by atoms with Gasteiger partial charge in [-0.05, 0) is 47.9 Å². The summed E-state index contributed by atoms with van der Waals surface area (Å²) in [4.78, 5) is 35.5. The summed E-state index contributed by atoms with van der Waals surface area (Å²) in [5, 5.41) is 13.9. The lowest BCUT2D eigenvalue weighted by molar-refractivity contribution is -0.139. The average molecular weight is 468 g/mol. The van der Waals surface area contributed by atoms with Crippen LogP contribution in [0.1, 0.15) is 35.7 Å². The molecule has 0 fully saturated rings. The highest BCUT2D eigenvalue weighted by Crippen LogP contribution is 2.22. The Morgan fingerprint density at radius 3 is 2.39 bits per heavy atom. The second-order valence-corrected chi connectivity index (χ2v) is 8.35. The minimum Gasteiger partial charge on any atom is -0.468 e. The van der Waals surface area contributed by atoms with Crippen molar-refractivity contribution in [3.63, 3.8) is 0 Å². The van der Waals surface area contributed by atoms with Gasteiger partial charge in [-0.25, -0.2) is 0 Å². The minimum absolute atomic E-state index is 0.143. The number of rotatable bonds is 9. The molecule has 0 aliphatic carbocycles. The van der Waals surface area contributed by atoms with Gasteiger partial charge in [-0.15, -0.1) is 10.2 Å². The molecule has 0 atom stereocenters. The molecule has 0 unspecified atom stereocenters. The highest BCUT2D eigenvalue weighted by molar-refractivity contribution is 7.99. The third-order valence-corrected chi connectivity index (χ3v) is 5.68. The SMILES string of the molecule is COC(=O)CNC(=O)c1ccc(NC(=O)CSc2nncn2-c2ccc(C(C)C)cc2)cc1. The molecule has 0 aliphatic rings. The lowest BCUT2D eigenvalue weighted by atomic mass is 10.0. The largest absolute Gasteiger partial charge is 0.468 e. The normalized spacial score (nSPS) is 10.7. The molecule has 10 heteroatoms. The third-order valence-electron chi connectivity index (χ3n) is 4.74. The number of esters is 1. The number of nitrogens with one attached hydrogen (secondary N) is 2. The van der Waals surface area contributed by atoms with Gasteiger partial charge in [0.05, 0.1) is 12.9 Å². The number of carbonyl (C=O) groups excluding carboxylic acids is 3. The Morgan fingerprint density at radius 1 is 1.06 bits per heavy atom. The maximum Gasteiger partial charge on any atom is 0.325 e. The number of thioether (sulfide) groups is 1. The zero-order valence-corrected chi connectivity index (χ0v) is 19.4. The molecule has 1 aromatic heterocycles. The Bertz CT molecular complexity index is 1110. The molecule has 3 rings (SSSR count). The standard InChI is InChI=1S/C23H25N5O4S/c1-15(2)16-6-10-19(11-7-16)28-14-25-27-23(28)33-13-20(29)26-18-8-4-17(5-9-18)22(31)24-12-21(30)32-3/h4-11,14-15H,12-13H2,1-3H3,(H,24,31)(H,26,29). The van der Waals surface area contributed by atoms with Crippen LogP contribution in [0.25, 0.3) is 5.69 Å². The highest BCUT2D eigenvalue weighted by Gasteiger charge is 2.12. The van der Waals surface area contributed by atoms with Crippen LogP contribution < -0.4 is 10.6 Å². The van der Waals surface area contributed by atoms with E-state index in [0.717, 1.165) is 5.69 Å². The van der Waals surface area contributed by atoms with Crippen LogP contribution in [0, 0.1) is 0 Å². The number of methoxy groups -OCH3 is 1. The predicted octanol–water partition coefficient (Wildman–Crippen LogP) is 3.02. The van der Waals surface area contributed by atoms with Gasteiger partial charge in [0.1, 0.15) is 12.9 Å². The summed E-state index contributed by atoms with van der Waals surface area (Å²) in [5.74, 6) is -0.569. The molecular weight excluding hydrogens is 442 g/mol. The fourth-order valence-electron chi connectivity index (χ4n) is 2.88. The Morgan fingerprint density at radius 2 is 1.76 bits per heavy atom. The van der Waals surface area contributed by atoms with Gasteiger partial charge in [0.15, 0.2) is 5.16 Å². The van der Waals surface area contributed by atoms with E-state index < -0.39 is 11.9 Å². The first kappa shape index (κ1) is 24.0. The number of amides is 2. The molecule has 0 bridgehead atoms. The third kappa shape index (κ3) is 6.66. The van der Waals surface area contributed by atoms with Crippen LogP contribution >= 0.6 is 11.8 Å². The van der Waals surface area contributed by atoms with E-state index in [2.05, 4.69) is 51.5 Å². The fourth-order valence-corrected chi connectivity index (χ4v) is 3.61. The van der Waals surface area contributed by atoms with Crippen molar-refractivity contribution < 1.29 is 19.1 Å². The van der Waals surface area contributed by atoms with Gasteiger partial charge in [0, 0.05) is 16.9 Å². The molecular formula is C23H25N5O4S. The predicted molar refractivity (Wildman–Crippen MR) is 126 cm³/mol. The number of ether oxygens (including phenoxy) is 1. The van der Waals surface area contributed by atoms with Crippen LogP contribution in [0.3, 0.4) is 0 Å². The van der Waals surface area contributed by atoms with E-state index in [1.165, 1.54) is 24.4 Å². The van der Waals surface area contributed by atoms with Crippen LogP contribution in [-0.4, -0.2) is 52.0 Å². The van der Waals surface area contributed by atoms with Crippen molar-refractivity contribution >= 4 is 35.2 Å². The van der Waals surface area contributed by atoms with Crippen molar-refractivity contribution in [2.24, 2.45) is 0 Å². The summed E-state index contributed by atoms with van der Waals surface area (Å²) < 4.78 is 6.32. The van der Waals surface area contributed by atoms with Gasteiger partial charge >= 0.3 is 5.97 Å². The number of hydrogen-bond donors (Lipinski definition) is 2. The van der Waals surface area contributed by atoms with Crippen LogP contribution in [0.2, 0.25) is 0 Å². The smallest absolute Gasteiger partial charge is 0.325 e. The second kappa shape index (κ2) is 11.3. The molecule has 0 saturated carbocycles. The molecule has 2 amide bonds. The first-order valence-corrected chi connectivity index (χ1v) is 11.2. The molecule has 33 heavy (non-hydrogen) atoms. The van der Waals surface area contributed by atoms with Gasteiger partial charge in [0.25, 0.3) is 5.91 Å². The summed E-state index contributed by atoms with van der Waals surface area (Å²) in [6, 6.07) is 14.5. The van der Waals surface area contributed by atoms with E-state index in [1.807, 2.05) is 16.7 Å². The molecule has 0 radical (unpaired) electrons. The van der Waals surface area contributed by atoms with Gasteiger partial charge in [-0.1, -0.05) is 37.7 Å². The fraction of sp³-hybridized carbons (Fsp3) is 0.261. The lowest BCUT2D eigenvalue weighted by Crippen LogP contribution is -2.30. The van der Waals surface area contributed by atoms with Crippen LogP contribution in [0.15, 0.2) is 60.0 Å². The van der Waals surface area contributed by atoms with Gasteiger partial charge in [0.2, 0.25) is 5.91 Å². The number of carbonyl (C=O) groups is 3. The van der Waals surface area contributed by atoms with Gasteiger partial charge < -0.3 is 15.4 Å². The van der Waals surface area contributed by atoms with Crippen LogP contribution in [-0.2, 0) is 14.3 Å². The average Bonchev–Trinajstić information content (AvgIpc) is 3.30. The first-order chi connectivity index (χ1) is 15.9.